The molecule has 0 saturated carbocycles. The average Bonchev–Trinajstić information content (AvgIpc) is 2.46. The molecule has 0 radical (unpaired) electrons. The molecule has 1 heterocycles. The van der Waals surface area contributed by atoms with Crippen molar-refractivity contribution in [1.82, 2.24) is 0 Å². The highest BCUT2D eigenvalue weighted by Gasteiger charge is 2.47. The number of hydrogen-bond acceptors (Lipinski definition) is 3. The smallest absolute Gasteiger partial charge is 0.188 e. The van der Waals surface area contributed by atoms with Gasteiger partial charge in [-0.05, 0) is 31.2 Å². The Balaban J connectivity index is 2.23. The largest absolute Gasteiger partial charge is 0.493 e. The fourth-order valence-electron chi connectivity index (χ4n) is 2.80. The van der Waals surface area contributed by atoms with E-state index < -0.39 is 26.2 Å². The molecule has 2 aromatic carbocycles. The molecule has 7 heteroatoms. The average molecular weight is 359 g/mol. The number of fused-ring (bicyclic) bond motifs is 1. The molecule has 0 aliphatic carbocycles. The molecule has 1 unspecified atom stereocenters. The van der Waals surface area contributed by atoms with Crippen molar-refractivity contribution in [3.8, 4) is 5.75 Å². The minimum atomic E-state index is -3.93. The summed E-state index contributed by atoms with van der Waals surface area (Å²) in [7, 11) is -3.93. The van der Waals surface area contributed by atoms with Crippen molar-refractivity contribution in [2.24, 2.45) is 0 Å². The minimum absolute atomic E-state index is 0.0287. The first kappa shape index (κ1) is 16.2. The highest BCUT2D eigenvalue weighted by molar-refractivity contribution is 7.92. The SMILES string of the molecule is CC1(S(=O)(=O)c2ccc(Cl)cc2)CCOc2cc(F)cc(F)c21. The molecule has 0 spiro atoms. The number of benzene rings is 2. The maximum Gasteiger partial charge on any atom is 0.188 e. The third kappa shape index (κ3) is 2.50. The molecule has 0 fully saturated rings. The van der Waals surface area contributed by atoms with E-state index in [1.807, 2.05) is 0 Å². The molecule has 0 aromatic heterocycles. The fourth-order valence-corrected chi connectivity index (χ4v) is 4.76. The van der Waals surface area contributed by atoms with Crippen LogP contribution in [0.5, 0.6) is 5.75 Å². The van der Waals surface area contributed by atoms with Gasteiger partial charge in [-0.2, -0.15) is 0 Å². The van der Waals surface area contributed by atoms with Gasteiger partial charge in [-0.1, -0.05) is 11.6 Å². The zero-order valence-electron chi connectivity index (χ0n) is 12.1. The van der Waals surface area contributed by atoms with E-state index in [0.717, 1.165) is 6.07 Å². The third-order valence-corrected chi connectivity index (χ3v) is 6.84. The van der Waals surface area contributed by atoms with Crippen molar-refractivity contribution >= 4 is 21.4 Å². The van der Waals surface area contributed by atoms with E-state index in [2.05, 4.69) is 0 Å². The summed E-state index contributed by atoms with van der Waals surface area (Å²) in [6.07, 6.45) is 0.0630. The Morgan fingerprint density at radius 1 is 1.17 bits per heavy atom. The predicted molar refractivity (Wildman–Crippen MR) is 82.5 cm³/mol. The summed E-state index contributed by atoms with van der Waals surface area (Å²) in [5, 5.41) is 0.398. The van der Waals surface area contributed by atoms with Crippen LogP contribution in [0.4, 0.5) is 8.78 Å². The number of ether oxygens (including phenoxy) is 1. The van der Waals surface area contributed by atoms with Crippen molar-refractivity contribution in [1.29, 1.82) is 0 Å². The van der Waals surface area contributed by atoms with Gasteiger partial charge in [-0.3, -0.25) is 0 Å². The highest BCUT2D eigenvalue weighted by atomic mass is 35.5. The number of halogens is 3. The van der Waals surface area contributed by atoms with Gasteiger partial charge < -0.3 is 4.74 Å². The Hall–Kier alpha value is -1.66. The Bertz CT molecular complexity index is 866. The van der Waals surface area contributed by atoms with Gasteiger partial charge in [-0.25, -0.2) is 17.2 Å². The van der Waals surface area contributed by atoms with Gasteiger partial charge in [-0.15, -0.1) is 0 Å². The summed E-state index contributed by atoms with van der Waals surface area (Å²) in [5.41, 5.74) is -0.139. The predicted octanol–water partition coefficient (Wildman–Crippen LogP) is 4.09. The molecule has 1 atom stereocenters. The molecule has 2 aromatic rings. The zero-order chi connectivity index (χ0) is 16.8. The van der Waals surface area contributed by atoms with E-state index in [4.69, 9.17) is 16.3 Å². The van der Waals surface area contributed by atoms with Gasteiger partial charge in [0, 0.05) is 23.6 Å². The van der Waals surface area contributed by atoms with Crippen LogP contribution in [0.1, 0.15) is 18.9 Å². The van der Waals surface area contributed by atoms with Crippen molar-refractivity contribution in [2.45, 2.75) is 23.0 Å². The Labute approximate surface area is 137 Å². The summed E-state index contributed by atoms with van der Waals surface area (Å²) in [4.78, 5) is 0.0287. The number of sulfone groups is 1. The Morgan fingerprint density at radius 2 is 1.83 bits per heavy atom. The van der Waals surface area contributed by atoms with Gasteiger partial charge >= 0.3 is 0 Å². The first-order valence-electron chi connectivity index (χ1n) is 6.88. The summed E-state index contributed by atoms with van der Waals surface area (Å²) >= 11 is 5.79. The van der Waals surface area contributed by atoms with Crippen molar-refractivity contribution in [2.75, 3.05) is 6.61 Å². The number of hydrogen-bond donors (Lipinski definition) is 0. The summed E-state index contributed by atoms with van der Waals surface area (Å²) in [5.74, 6) is -1.82. The first-order valence-corrected chi connectivity index (χ1v) is 8.74. The quantitative estimate of drug-likeness (QED) is 0.812. The van der Waals surface area contributed by atoms with E-state index in [1.54, 1.807) is 0 Å². The monoisotopic (exact) mass is 358 g/mol. The van der Waals surface area contributed by atoms with Gasteiger partial charge in [0.15, 0.2) is 9.84 Å². The second-order valence-electron chi connectivity index (χ2n) is 5.55. The van der Waals surface area contributed by atoms with Gasteiger partial charge in [0.1, 0.15) is 22.1 Å². The molecule has 3 rings (SSSR count). The van der Waals surface area contributed by atoms with Crippen LogP contribution in [0.3, 0.4) is 0 Å². The topological polar surface area (TPSA) is 43.4 Å². The lowest BCUT2D eigenvalue weighted by Crippen LogP contribution is -2.39. The zero-order valence-corrected chi connectivity index (χ0v) is 13.7. The van der Waals surface area contributed by atoms with Crippen LogP contribution >= 0.6 is 11.6 Å². The van der Waals surface area contributed by atoms with Crippen LogP contribution < -0.4 is 4.74 Å². The maximum absolute atomic E-state index is 14.3. The van der Waals surface area contributed by atoms with Crippen molar-refractivity contribution < 1.29 is 21.9 Å². The normalized spacial score (nSPS) is 20.7. The van der Waals surface area contributed by atoms with Crippen LogP contribution in [-0.2, 0) is 14.6 Å². The lowest BCUT2D eigenvalue weighted by atomic mass is 9.93. The highest BCUT2D eigenvalue weighted by Crippen LogP contribution is 2.46. The van der Waals surface area contributed by atoms with Crippen LogP contribution in [0, 0.1) is 11.6 Å². The maximum atomic E-state index is 14.3. The van der Waals surface area contributed by atoms with Gasteiger partial charge in [0.05, 0.1) is 17.1 Å². The molecule has 23 heavy (non-hydrogen) atoms. The second kappa shape index (κ2) is 5.46. The second-order valence-corrected chi connectivity index (χ2v) is 8.36. The van der Waals surface area contributed by atoms with E-state index >= 15 is 0 Å². The lowest BCUT2D eigenvalue weighted by molar-refractivity contribution is 0.249. The minimum Gasteiger partial charge on any atom is -0.493 e. The molecule has 0 saturated heterocycles. The molecule has 0 N–H and O–H groups in total. The van der Waals surface area contributed by atoms with E-state index in [-0.39, 0.29) is 29.2 Å². The van der Waals surface area contributed by atoms with Crippen LogP contribution in [0.15, 0.2) is 41.3 Å². The molecule has 3 nitrogen and oxygen atoms in total. The summed E-state index contributed by atoms with van der Waals surface area (Å²) in [6.45, 7) is 1.48. The summed E-state index contributed by atoms with van der Waals surface area (Å²) < 4.78 is 57.6. The van der Waals surface area contributed by atoms with Crippen LogP contribution in [-0.4, -0.2) is 15.0 Å². The van der Waals surface area contributed by atoms with E-state index in [1.165, 1.54) is 31.2 Å². The first-order chi connectivity index (χ1) is 10.8. The lowest BCUT2D eigenvalue weighted by Gasteiger charge is -2.35. The molecule has 1 aliphatic heterocycles. The Kier molecular flexibility index (Phi) is 3.84. The van der Waals surface area contributed by atoms with Crippen molar-refractivity contribution in [3.63, 3.8) is 0 Å². The van der Waals surface area contributed by atoms with E-state index in [9.17, 15) is 17.2 Å². The van der Waals surface area contributed by atoms with E-state index in [0.29, 0.717) is 11.1 Å². The molecular weight excluding hydrogens is 346 g/mol. The van der Waals surface area contributed by atoms with Crippen LogP contribution in [0.25, 0.3) is 0 Å². The van der Waals surface area contributed by atoms with Gasteiger partial charge in [0.2, 0.25) is 0 Å². The van der Waals surface area contributed by atoms with Gasteiger partial charge in [0.25, 0.3) is 0 Å². The number of rotatable bonds is 2. The molecule has 0 bridgehead atoms. The molecular formula is C16H13ClF2O3S. The molecule has 0 amide bonds. The van der Waals surface area contributed by atoms with Crippen molar-refractivity contribution in [3.05, 3.63) is 58.6 Å². The van der Waals surface area contributed by atoms with Crippen LogP contribution in [0.2, 0.25) is 5.02 Å². The fraction of sp³-hybridized carbons (Fsp3) is 0.250. The third-order valence-electron chi connectivity index (χ3n) is 4.10. The molecule has 122 valence electrons. The molecule has 1 aliphatic rings. The standard InChI is InChI=1S/C16H13ClF2O3S/c1-16(23(20,21)12-4-2-10(17)3-5-12)6-7-22-14-9-11(18)8-13(19)15(14)16/h2-5,8-9H,6-7H2,1H3. The Morgan fingerprint density at radius 3 is 2.48 bits per heavy atom. The summed E-state index contributed by atoms with van der Waals surface area (Å²) in [6, 6.07) is 7.34.